The number of carbonyl (C=O) groups excluding carboxylic acids is 2. The second kappa shape index (κ2) is 8.01. The SMILES string of the molecule is CC(NC(=O)C(=O)NCC(O)c1ccc2c(c1)CCO2)c1ccccc1. The van der Waals surface area contributed by atoms with Crippen molar-refractivity contribution in [2.24, 2.45) is 0 Å². The summed E-state index contributed by atoms with van der Waals surface area (Å²) < 4.78 is 5.43. The molecule has 1 heterocycles. The maximum Gasteiger partial charge on any atom is 0.309 e. The molecule has 0 aromatic heterocycles. The summed E-state index contributed by atoms with van der Waals surface area (Å²) in [5.74, 6) is -0.661. The van der Waals surface area contributed by atoms with E-state index >= 15 is 0 Å². The molecule has 0 bridgehead atoms. The zero-order chi connectivity index (χ0) is 18.5. The molecule has 0 saturated carbocycles. The first-order chi connectivity index (χ1) is 12.5. The predicted molar refractivity (Wildman–Crippen MR) is 96.6 cm³/mol. The van der Waals surface area contributed by atoms with Gasteiger partial charge in [-0.25, -0.2) is 0 Å². The van der Waals surface area contributed by atoms with E-state index in [2.05, 4.69) is 10.6 Å². The first kappa shape index (κ1) is 17.9. The third-order valence-corrected chi connectivity index (χ3v) is 4.41. The van der Waals surface area contributed by atoms with Crippen LogP contribution in [0.4, 0.5) is 0 Å². The Hall–Kier alpha value is -2.86. The van der Waals surface area contributed by atoms with E-state index in [0.717, 1.165) is 23.3 Å². The van der Waals surface area contributed by atoms with Gasteiger partial charge in [-0.1, -0.05) is 36.4 Å². The number of amides is 2. The molecule has 136 valence electrons. The van der Waals surface area contributed by atoms with E-state index in [4.69, 9.17) is 4.74 Å². The number of fused-ring (bicyclic) bond motifs is 1. The molecular weight excluding hydrogens is 332 g/mol. The fraction of sp³-hybridized carbons (Fsp3) is 0.300. The number of hydrogen-bond donors (Lipinski definition) is 3. The van der Waals surface area contributed by atoms with Gasteiger partial charge in [0.15, 0.2) is 0 Å². The molecule has 0 saturated heterocycles. The lowest BCUT2D eigenvalue weighted by atomic mass is 10.0. The van der Waals surface area contributed by atoms with Gasteiger partial charge in [-0.05, 0) is 35.7 Å². The molecule has 0 spiro atoms. The average molecular weight is 354 g/mol. The van der Waals surface area contributed by atoms with Crippen LogP contribution in [0.1, 0.15) is 35.8 Å². The average Bonchev–Trinajstić information content (AvgIpc) is 3.14. The maximum absolute atomic E-state index is 12.0. The van der Waals surface area contributed by atoms with E-state index < -0.39 is 17.9 Å². The number of carbonyl (C=O) groups is 2. The van der Waals surface area contributed by atoms with E-state index in [1.165, 1.54) is 0 Å². The summed E-state index contributed by atoms with van der Waals surface area (Å²) in [6, 6.07) is 14.6. The van der Waals surface area contributed by atoms with Crippen LogP contribution in [0.15, 0.2) is 48.5 Å². The molecule has 2 unspecified atom stereocenters. The number of hydrogen-bond acceptors (Lipinski definition) is 4. The van der Waals surface area contributed by atoms with Crippen LogP contribution in [0, 0.1) is 0 Å². The molecule has 3 N–H and O–H groups in total. The number of benzene rings is 2. The maximum atomic E-state index is 12.0. The molecule has 2 aromatic carbocycles. The summed E-state index contributed by atoms with van der Waals surface area (Å²) in [7, 11) is 0. The quantitative estimate of drug-likeness (QED) is 0.713. The van der Waals surface area contributed by atoms with Crippen molar-refractivity contribution in [3.8, 4) is 5.75 Å². The number of aliphatic hydroxyl groups is 1. The van der Waals surface area contributed by atoms with Crippen molar-refractivity contribution in [1.29, 1.82) is 0 Å². The lowest BCUT2D eigenvalue weighted by Crippen LogP contribution is -2.42. The highest BCUT2D eigenvalue weighted by Gasteiger charge is 2.19. The zero-order valence-electron chi connectivity index (χ0n) is 14.6. The van der Waals surface area contributed by atoms with Crippen LogP contribution in [-0.2, 0) is 16.0 Å². The molecule has 3 rings (SSSR count). The Kier molecular flexibility index (Phi) is 5.53. The molecule has 2 aromatic rings. The van der Waals surface area contributed by atoms with Crippen LogP contribution >= 0.6 is 0 Å². The molecule has 0 aliphatic carbocycles. The second-order valence-corrected chi connectivity index (χ2v) is 6.30. The Morgan fingerprint density at radius 2 is 1.88 bits per heavy atom. The van der Waals surface area contributed by atoms with Crippen LogP contribution in [0.2, 0.25) is 0 Å². The standard InChI is InChI=1S/C20H22N2O4/c1-13(14-5-3-2-4-6-14)22-20(25)19(24)21-12-17(23)15-7-8-18-16(11-15)9-10-26-18/h2-8,11,13,17,23H,9-10,12H2,1H3,(H,21,24)(H,22,25). The molecule has 6 nitrogen and oxygen atoms in total. The fourth-order valence-corrected chi connectivity index (χ4v) is 2.89. The summed E-state index contributed by atoms with van der Waals surface area (Å²) in [4.78, 5) is 24.0. The number of rotatable bonds is 5. The molecule has 1 aliphatic heterocycles. The number of ether oxygens (including phenoxy) is 1. The van der Waals surface area contributed by atoms with Gasteiger partial charge in [0, 0.05) is 13.0 Å². The summed E-state index contributed by atoms with van der Waals surface area (Å²) in [5.41, 5.74) is 2.64. The van der Waals surface area contributed by atoms with Crippen LogP contribution < -0.4 is 15.4 Å². The minimum atomic E-state index is -0.885. The number of nitrogens with one attached hydrogen (secondary N) is 2. The van der Waals surface area contributed by atoms with E-state index in [-0.39, 0.29) is 12.6 Å². The van der Waals surface area contributed by atoms with Gasteiger partial charge in [0.2, 0.25) is 0 Å². The third kappa shape index (κ3) is 4.21. The Bertz CT molecular complexity index is 792. The van der Waals surface area contributed by atoms with Gasteiger partial charge in [-0.15, -0.1) is 0 Å². The van der Waals surface area contributed by atoms with Crippen LogP contribution in [0.3, 0.4) is 0 Å². The highest BCUT2D eigenvalue weighted by Crippen LogP contribution is 2.28. The second-order valence-electron chi connectivity index (χ2n) is 6.30. The minimum Gasteiger partial charge on any atom is -0.493 e. The van der Waals surface area contributed by atoms with Gasteiger partial charge in [0.05, 0.1) is 18.8 Å². The molecule has 1 aliphatic rings. The Balaban J connectivity index is 1.50. The first-order valence-electron chi connectivity index (χ1n) is 8.62. The van der Waals surface area contributed by atoms with Crippen molar-refractivity contribution in [3.63, 3.8) is 0 Å². The lowest BCUT2D eigenvalue weighted by Gasteiger charge is -2.16. The van der Waals surface area contributed by atoms with Gasteiger partial charge in [-0.3, -0.25) is 9.59 Å². The molecule has 0 fully saturated rings. The molecule has 26 heavy (non-hydrogen) atoms. The summed E-state index contributed by atoms with van der Waals surface area (Å²) in [5, 5.41) is 15.4. The van der Waals surface area contributed by atoms with E-state index in [1.54, 1.807) is 6.07 Å². The molecule has 0 radical (unpaired) electrons. The van der Waals surface area contributed by atoms with Crippen LogP contribution in [0.5, 0.6) is 5.75 Å². The third-order valence-electron chi connectivity index (χ3n) is 4.41. The smallest absolute Gasteiger partial charge is 0.309 e. The first-order valence-corrected chi connectivity index (χ1v) is 8.62. The molecule has 2 atom stereocenters. The monoisotopic (exact) mass is 354 g/mol. The van der Waals surface area contributed by atoms with Crippen molar-refractivity contribution in [2.45, 2.75) is 25.5 Å². The summed E-state index contributed by atoms with van der Waals surface area (Å²) in [6.45, 7) is 2.42. The van der Waals surface area contributed by atoms with Crippen LogP contribution in [-0.4, -0.2) is 30.1 Å². The topological polar surface area (TPSA) is 87.7 Å². The van der Waals surface area contributed by atoms with Gasteiger partial charge in [0.25, 0.3) is 0 Å². The summed E-state index contributed by atoms with van der Waals surface area (Å²) >= 11 is 0. The highest BCUT2D eigenvalue weighted by atomic mass is 16.5. The number of aliphatic hydroxyl groups excluding tert-OH is 1. The van der Waals surface area contributed by atoms with Crippen molar-refractivity contribution >= 4 is 11.8 Å². The molecule has 2 amide bonds. The highest BCUT2D eigenvalue weighted by molar-refractivity contribution is 6.35. The van der Waals surface area contributed by atoms with E-state index in [1.807, 2.05) is 49.4 Å². The van der Waals surface area contributed by atoms with Crippen molar-refractivity contribution in [2.75, 3.05) is 13.2 Å². The zero-order valence-corrected chi connectivity index (χ0v) is 14.6. The van der Waals surface area contributed by atoms with Gasteiger partial charge >= 0.3 is 11.8 Å². The lowest BCUT2D eigenvalue weighted by molar-refractivity contribution is -0.139. The predicted octanol–water partition coefficient (Wildman–Crippen LogP) is 1.65. The Morgan fingerprint density at radius 3 is 2.65 bits per heavy atom. The van der Waals surface area contributed by atoms with Gasteiger partial charge in [0.1, 0.15) is 5.75 Å². The van der Waals surface area contributed by atoms with Crippen molar-refractivity contribution in [1.82, 2.24) is 10.6 Å². The van der Waals surface area contributed by atoms with E-state index in [0.29, 0.717) is 12.2 Å². The largest absolute Gasteiger partial charge is 0.493 e. The molecule has 6 heteroatoms. The molecular formula is C20H22N2O4. The fourth-order valence-electron chi connectivity index (χ4n) is 2.89. The minimum absolute atomic E-state index is 0.0361. The van der Waals surface area contributed by atoms with E-state index in [9.17, 15) is 14.7 Å². The van der Waals surface area contributed by atoms with Crippen LogP contribution in [0.25, 0.3) is 0 Å². The van der Waals surface area contributed by atoms with Crippen molar-refractivity contribution < 1.29 is 19.4 Å². The summed E-state index contributed by atoms with van der Waals surface area (Å²) in [6.07, 6.45) is -0.0774. The van der Waals surface area contributed by atoms with Crippen molar-refractivity contribution in [3.05, 3.63) is 65.2 Å². The van der Waals surface area contributed by atoms with Gasteiger partial charge < -0.3 is 20.5 Å². The van der Waals surface area contributed by atoms with Gasteiger partial charge in [-0.2, -0.15) is 0 Å². The Labute approximate surface area is 152 Å². The normalized spacial score (nSPS) is 14.7. The Morgan fingerprint density at radius 1 is 1.12 bits per heavy atom.